The van der Waals surface area contributed by atoms with Crippen molar-refractivity contribution in [3.63, 3.8) is 0 Å². The van der Waals surface area contributed by atoms with Gasteiger partial charge in [0.15, 0.2) is 0 Å². The van der Waals surface area contributed by atoms with Gasteiger partial charge in [0, 0.05) is 31.8 Å². The zero-order valence-corrected chi connectivity index (χ0v) is 12.3. The molecule has 0 radical (unpaired) electrons. The highest BCUT2D eigenvalue weighted by Crippen LogP contribution is 2.17. The first-order chi connectivity index (χ1) is 9.33. The van der Waals surface area contributed by atoms with E-state index >= 15 is 0 Å². The van der Waals surface area contributed by atoms with Gasteiger partial charge in [-0.05, 0) is 42.0 Å². The molecule has 1 aromatic rings. The highest BCUT2D eigenvalue weighted by Gasteiger charge is 2.17. The quantitative estimate of drug-likeness (QED) is 0.895. The second-order valence-corrected chi connectivity index (χ2v) is 5.38. The van der Waals surface area contributed by atoms with E-state index in [1.807, 2.05) is 18.2 Å². The topological polar surface area (TPSA) is 50.4 Å². The van der Waals surface area contributed by atoms with Crippen molar-refractivity contribution in [2.24, 2.45) is 5.92 Å². The predicted octanol–water partition coefficient (Wildman–Crippen LogP) is 1.87. The van der Waals surface area contributed by atoms with Crippen molar-refractivity contribution < 1.29 is 9.53 Å². The molecule has 1 atom stereocenters. The van der Waals surface area contributed by atoms with Gasteiger partial charge in [0.2, 0.25) is 0 Å². The van der Waals surface area contributed by atoms with Gasteiger partial charge in [0.05, 0.1) is 6.61 Å². The summed E-state index contributed by atoms with van der Waals surface area (Å²) < 4.78 is 5.42. The Labute approximate surface area is 125 Å². The fraction of sp³-hybridized carbons (Fsp3) is 0.533. The summed E-state index contributed by atoms with van der Waals surface area (Å²) in [6.07, 6.45) is 2.25. The average Bonchev–Trinajstić information content (AvgIpc) is 2.93. The van der Waals surface area contributed by atoms with Crippen LogP contribution in [0.2, 0.25) is 0 Å². The average molecular weight is 297 g/mol. The number of benzene rings is 1. The predicted molar refractivity (Wildman–Crippen MR) is 80.1 cm³/mol. The fourth-order valence-electron chi connectivity index (χ4n) is 2.74. The van der Waals surface area contributed by atoms with E-state index in [0.29, 0.717) is 12.5 Å². The second kappa shape index (κ2) is 7.07. The molecule has 1 amide bonds. The molecule has 0 aliphatic carbocycles. The third-order valence-electron chi connectivity index (χ3n) is 3.91. The Kier molecular flexibility index (Phi) is 5.40. The molecule has 3 rings (SSSR count). The number of halogens is 1. The minimum Gasteiger partial charge on any atom is -0.381 e. The number of carbonyl (C=O) groups excluding carboxylic acids is 1. The van der Waals surface area contributed by atoms with E-state index in [-0.39, 0.29) is 18.3 Å². The number of fused-ring (bicyclic) bond motifs is 1. The van der Waals surface area contributed by atoms with Crippen molar-refractivity contribution in [2.45, 2.75) is 25.9 Å². The summed E-state index contributed by atoms with van der Waals surface area (Å²) in [6.45, 7) is 4.13. The Hall–Kier alpha value is -1.10. The SMILES string of the molecule is Cl.O=C(NCC1CCCOC1)c1ccc2c(c1)CNC2. The van der Waals surface area contributed by atoms with Gasteiger partial charge in [0.1, 0.15) is 0 Å². The largest absolute Gasteiger partial charge is 0.381 e. The van der Waals surface area contributed by atoms with Gasteiger partial charge in [-0.3, -0.25) is 4.79 Å². The Morgan fingerprint density at radius 1 is 1.35 bits per heavy atom. The molecular weight excluding hydrogens is 276 g/mol. The number of carbonyl (C=O) groups is 1. The van der Waals surface area contributed by atoms with Crippen molar-refractivity contribution in [2.75, 3.05) is 19.8 Å². The number of nitrogens with one attached hydrogen (secondary N) is 2. The minimum atomic E-state index is 0. The van der Waals surface area contributed by atoms with Gasteiger partial charge in [-0.25, -0.2) is 0 Å². The van der Waals surface area contributed by atoms with Crippen molar-refractivity contribution in [3.05, 3.63) is 34.9 Å². The molecule has 4 nitrogen and oxygen atoms in total. The zero-order chi connectivity index (χ0) is 13.1. The smallest absolute Gasteiger partial charge is 0.251 e. The summed E-state index contributed by atoms with van der Waals surface area (Å²) >= 11 is 0. The van der Waals surface area contributed by atoms with Crippen molar-refractivity contribution in [1.29, 1.82) is 0 Å². The lowest BCUT2D eigenvalue weighted by Crippen LogP contribution is -2.33. The van der Waals surface area contributed by atoms with Crippen LogP contribution in [0.5, 0.6) is 0 Å². The summed E-state index contributed by atoms with van der Waals surface area (Å²) in [7, 11) is 0. The van der Waals surface area contributed by atoms with Crippen LogP contribution in [0.4, 0.5) is 0 Å². The van der Waals surface area contributed by atoms with E-state index in [9.17, 15) is 4.79 Å². The fourth-order valence-corrected chi connectivity index (χ4v) is 2.74. The number of ether oxygens (including phenoxy) is 1. The minimum absolute atomic E-state index is 0. The molecule has 0 spiro atoms. The molecule has 0 aromatic heterocycles. The van der Waals surface area contributed by atoms with Crippen LogP contribution >= 0.6 is 12.4 Å². The van der Waals surface area contributed by atoms with Crippen molar-refractivity contribution in [1.82, 2.24) is 10.6 Å². The maximum absolute atomic E-state index is 12.1. The Bertz CT molecular complexity index is 473. The zero-order valence-electron chi connectivity index (χ0n) is 11.5. The van der Waals surface area contributed by atoms with Gasteiger partial charge in [-0.15, -0.1) is 12.4 Å². The molecule has 1 unspecified atom stereocenters. The molecule has 110 valence electrons. The molecule has 0 saturated carbocycles. The van der Waals surface area contributed by atoms with Crippen LogP contribution in [0.1, 0.15) is 34.3 Å². The van der Waals surface area contributed by atoms with Gasteiger partial charge in [-0.2, -0.15) is 0 Å². The monoisotopic (exact) mass is 296 g/mol. The van der Waals surface area contributed by atoms with E-state index in [1.165, 1.54) is 11.1 Å². The molecular formula is C15H21ClN2O2. The Morgan fingerprint density at radius 2 is 2.20 bits per heavy atom. The summed E-state index contributed by atoms with van der Waals surface area (Å²) in [6, 6.07) is 5.97. The molecule has 2 aliphatic heterocycles. The van der Waals surface area contributed by atoms with E-state index in [2.05, 4.69) is 10.6 Å². The maximum atomic E-state index is 12.1. The maximum Gasteiger partial charge on any atom is 0.251 e. The van der Waals surface area contributed by atoms with Gasteiger partial charge >= 0.3 is 0 Å². The standard InChI is InChI=1S/C15H20N2O2.ClH/c18-15(17-7-11-2-1-5-19-10-11)12-3-4-13-8-16-9-14(13)6-12;/h3-4,6,11,16H,1-2,5,7-10H2,(H,17,18);1H. The lowest BCUT2D eigenvalue weighted by atomic mass is 10.0. The second-order valence-electron chi connectivity index (χ2n) is 5.38. The van der Waals surface area contributed by atoms with Crippen molar-refractivity contribution >= 4 is 18.3 Å². The summed E-state index contributed by atoms with van der Waals surface area (Å²) in [5, 5.41) is 6.31. The molecule has 2 N–H and O–H groups in total. The molecule has 2 heterocycles. The van der Waals surface area contributed by atoms with E-state index in [1.54, 1.807) is 0 Å². The third kappa shape index (κ3) is 3.51. The molecule has 0 bridgehead atoms. The summed E-state index contributed by atoms with van der Waals surface area (Å²) in [5.74, 6) is 0.495. The van der Waals surface area contributed by atoms with Gasteiger partial charge in [-0.1, -0.05) is 6.07 Å². The van der Waals surface area contributed by atoms with Crippen LogP contribution in [0.25, 0.3) is 0 Å². The molecule has 20 heavy (non-hydrogen) atoms. The van der Waals surface area contributed by atoms with Crippen LogP contribution in [0.3, 0.4) is 0 Å². The van der Waals surface area contributed by atoms with Crippen LogP contribution in [0.15, 0.2) is 18.2 Å². The lowest BCUT2D eigenvalue weighted by molar-refractivity contribution is 0.0536. The van der Waals surface area contributed by atoms with E-state index in [0.717, 1.165) is 44.7 Å². The lowest BCUT2D eigenvalue weighted by Gasteiger charge is -2.22. The molecule has 5 heteroatoms. The Morgan fingerprint density at radius 3 is 3.00 bits per heavy atom. The van der Waals surface area contributed by atoms with E-state index < -0.39 is 0 Å². The van der Waals surface area contributed by atoms with Crippen LogP contribution in [0, 0.1) is 5.92 Å². The molecule has 1 aromatic carbocycles. The summed E-state index contributed by atoms with van der Waals surface area (Å²) in [5.41, 5.74) is 3.31. The normalized spacial score (nSPS) is 20.9. The summed E-state index contributed by atoms with van der Waals surface area (Å²) in [4.78, 5) is 12.1. The first kappa shape index (κ1) is 15.3. The molecule has 2 aliphatic rings. The molecule has 1 fully saturated rings. The molecule has 1 saturated heterocycles. The number of hydrogen-bond acceptors (Lipinski definition) is 3. The highest BCUT2D eigenvalue weighted by atomic mass is 35.5. The van der Waals surface area contributed by atoms with Crippen LogP contribution in [-0.2, 0) is 17.8 Å². The highest BCUT2D eigenvalue weighted by molar-refractivity contribution is 5.94. The number of amides is 1. The van der Waals surface area contributed by atoms with E-state index in [4.69, 9.17) is 4.74 Å². The van der Waals surface area contributed by atoms with Crippen LogP contribution < -0.4 is 10.6 Å². The first-order valence-electron chi connectivity index (χ1n) is 7.01. The first-order valence-corrected chi connectivity index (χ1v) is 7.01. The number of rotatable bonds is 3. The van der Waals surface area contributed by atoms with Crippen LogP contribution in [-0.4, -0.2) is 25.7 Å². The Balaban J connectivity index is 0.00000147. The third-order valence-corrected chi connectivity index (χ3v) is 3.91. The van der Waals surface area contributed by atoms with Crippen molar-refractivity contribution in [3.8, 4) is 0 Å². The number of hydrogen-bond donors (Lipinski definition) is 2. The van der Waals surface area contributed by atoms with Gasteiger partial charge < -0.3 is 15.4 Å². The van der Waals surface area contributed by atoms with Gasteiger partial charge in [0.25, 0.3) is 5.91 Å².